The van der Waals surface area contributed by atoms with Crippen LogP contribution in [0.25, 0.3) is 0 Å². The summed E-state index contributed by atoms with van der Waals surface area (Å²) in [6, 6.07) is 9.47. The second-order valence-electron chi connectivity index (χ2n) is 6.95. The zero-order valence-corrected chi connectivity index (χ0v) is 17.5. The summed E-state index contributed by atoms with van der Waals surface area (Å²) in [6.07, 6.45) is 5.90. The minimum atomic E-state index is -0.629. The van der Waals surface area contributed by atoms with E-state index in [0.29, 0.717) is 17.9 Å². The normalized spacial score (nSPS) is 16.3. The Morgan fingerprint density at radius 2 is 1.86 bits per heavy atom. The van der Waals surface area contributed by atoms with Crippen LogP contribution in [0.1, 0.15) is 64.4 Å². The number of hydrogen-bond acceptors (Lipinski definition) is 6. The summed E-state index contributed by atoms with van der Waals surface area (Å²) >= 11 is 0. The number of hydrogen-bond donors (Lipinski definition) is 1. The molecule has 29 heavy (non-hydrogen) atoms. The number of nitrogens with two attached hydrogens (primary N) is 1. The number of esters is 1. The number of ether oxygens (including phenoxy) is 3. The highest BCUT2D eigenvalue weighted by atomic mass is 16.5. The number of carbonyl (C=O) groups is 1. The van der Waals surface area contributed by atoms with E-state index in [4.69, 9.17) is 19.9 Å². The van der Waals surface area contributed by atoms with Crippen molar-refractivity contribution in [3.8, 4) is 11.8 Å². The van der Waals surface area contributed by atoms with Crippen molar-refractivity contribution < 1.29 is 19.0 Å². The highest BCUT2D eigenvalue weighted by Gasteiger charge is 2.36. The molecule has 0 fully saturated rings. The molecule has 0 bridgehead atoms. The van der Waals surface area contributed by atoms with Crippen LogP contribution in [-0.4, -0.2) is 19.2 Å². The largest absolute Gasteiger partial charge is 0.494 e. The van der Waals surface area contributed by atoms with Gasteiger partial charge in [0.25, 0.3) is 0 Å². The van der Waals surface area contributed by atoms with Gasteiger partial charge in [-0.15, -0.1) is 0 Å². The Morgan fingerprint density at radius 3 is 2.48 bits per heavy atom. The SMILES string of the molecule is CCCCCCCOc1ccc(C2C(C#N)=C(N)OC(C)=C2C(=O)OCC)cc1. The van der Waals surface area contributed by atoms with E-state index in [1.807, 2.05) is 24.3 Å². The van der Waals surface area contributed by atoms with Gasteiger partial charge in [-0.25, -0.2) is 4.79 Å². The molecule has 1 aliphatic heterocycles. The standard InChI is InChI=1S/C23H30N2O4/c1-4-6-7-8-9-14-28-18-12-10-17(11-13-18)21-19(15-24)22(25)29-16(3)20(21)23(26)27-5-2/h10-13,21H,4-9,14,25H2,1-3H3. The van der Waals surface area contributed by atoms with Crippen molar-refractivity contribution in [2.45, 2.75) is 58.8 Å². The van der Waals surface area contributed by atoms with Gasteiger partial charge in [0.2, 0.25) is 5.88 Å². The van der Waals surface area contributed by atoms with Crippen molar-refractivity contribution in [3.05, 3.63) is 52.6 Å². The lowest BCUT2D eigenvalue weighted by atomic mass is 9.83. The summed E-state index contributed by atoms with van der Waals surface area (Å²) in [6.45, 7) is 6.48. The molecular formula is C23H30N2O4. The fourth-order valence-corrected chi connectivity index (χ4v) is 3.34. The molecule has 1 atom stereocenters. The van der Waals surface area contributed by atoms with Crippen LogP contribution in [0.15, 0.2) is 47.1 Å². The molecule has 0 radical (unpaired) electrons. The maximum atomic E-state index is 12.5. The number of carbonyl (C=O) groups excluding carboxylic acids is 1. The van der Waals surface area contributed by atoms with E-state index in [9.17, 15) is 10.1 Å². The maximum absolute atomic E-state index is 12.5. The van der Waals surface area contributed by atoms with Crippen LogP contribution in [0.4, 0.5) is 0 Å². The van der Waals surface area contributed by atoms with E-state index in [1.165, 1.54) is 19.3 Å². The first kappa shape index (κ1) is 22.4. The third-order valence-electron chi connectivity index (χ3n) is 4.83. The first-order chi connectivity index (χ1) is 14.0. The van der Waals surface area contributed by atoms with E-state index < -0.39 is 11.9 Å². The van der Waals surface area contributed by atoms with Gasteiger partial charge >= 0.3 is 5.97 Å². The van der Waals surface area contributed by atoms with Crippen molar-refractivity contribution >= 4 is 5.97 Å². The fourth-order valence-electron chi connectivity index (χ4n) is 3.34. The van der Waals surface area contributed by atoms with Gasteiger partial charge in [0.05, 0.1) is 24.7 Å². The molecule has 1 aromatic carbocycles. The third kappa shape index (κ3) is 5.77. The summed E-state index contributed by atoms with van der Waals surface area (Å²) in [7, 11) is 0. The van der Waals surface area contributed by atoms with E-state index in [0.717, 1.165) is 24.2 Å². The van der Waals surface area contributed by atoms with Gasteiger partial charge in [-0.1, -0.05) is 44.7 Å². The summed E-state index contributed by atoms with van der Waals surface area (Å²) in [4.78, 5) is 12.5. The van der Waals surface area contributed by atoms with E-state index in [1.54, 1.807) is 13.8 Å². The molecule has 2 rings (SSSR count). The Kier molecular flexibility index (Phi) is 8.60. The monoisotopic (exact) mass is 398 g/mol. The molecule has 0 spiro atoms. The Labute approximate surface area is 172 Å². The molecule has 0 saturated heterocycles. The lowest BCUT2D eigenvalue weighted by Crippen LogP contribution is -2.25. The van der Waals surface area contributed by atoms with Crippen LogP contribution in [0.3, 0.4) is 0 Å². The van der Waals surface area contributed by atoms with Crippen molar-refractivity contribution in [1.29, 1.82) is 5.26 Å². The zero-order valence-electron chi connectivity index (χ0n) is 17.5. The second-order valence-corrected chi connectivity index (χ2v) is 6.95. The lowest BCUT2D eigenvalue weighted by Gasteiger charge is -2.26. The van der Waals surface area contributed by atoms with E-state index in [-0.39, 0.29) is 18.1 Å². The highest BCUT2D eigenvalue weighted by Crippen LogP contribution is 2.39. The van der Waals surface area contributed by atoms with Gasteiger partial charge in [-0.05, 0) is 38.0 Å². The quantitative estimate of drug-likeness (QED) is 0.454. The van der Waals surface area contributed by atoms with Gasteiger partial charge in [-0.3, -0.25) is 0 Å². The average molecular weight is 399 g/mol. The van der Waals surface area contributed by atoms with Crippen molar-refractivity contribution in [2.24, 2.45) is 5.73 Å². The van der Waals surface area contributed by atoms with Crippen molar-refractivity contribution in [3.63, 3.8) is 0 Å². The fraction of sp³-hybridized carbons (Fsp3) is 0.478. The van der Waals surface area contributed by atoms with Crippen LogP contribution in [0, 0.1) is 11.3 Å². The molecule has 1 unspecified atom stereocenters. The predicted octanol–water partition coefficient (Wildman–Crippen LogP) is 4.68. The number of rotatable bonds is 10. The molecule has 0 aromatic heterocycles. The molecule has 1 aromatic rings. The molecule has 156 valence electrons. The minimum Gasteiger partial charge on any atom is -0.494 e. The topological polar surface area (TPSA) is 94.6 Å². The molecule has 0 aliphatic carbocycles. The van der Waals surface area contributed by atoms with E-state index >= 15 is 0 Å². The zero-order chi connectivity index (χ0) is 21.2. The van der Waals surface area contributed by atoms with Crippen LogP contribution >= 0.6 is 0 Å². The number of unbranched alkanes of at least 4 members (excludes halogenated alkanes) is 4. The minimum absolute atomic E-state index is 0.00968. The number of allylic oxidation sites excluding steroid dienone is 2. The number of nitrogens with zero attached hydrogens (tertiary/aromatic N) is 1. The van der Waals surface area contributed by atoms with Crippen LogP contribution in [0.2, 0.25) is 0 Å². The third-order valence-corrected chi connectivity index (χ3v) is 4.83. The molecule has 6 nitrogen and oxygen atoms in total. The van der Waals surface area contributed by atoms with Crippen LogP contribution < -0.4 is 10.5 Å². The number of nitriles is 1. The van der Waals surface area contributed by atoms with Crippen LogP contribution in [0.5, 0.6) is 5.75 Å². The Hall–Kier alpha value is -2.94. The van der Waals surface area contributed by atoms with Gasteiger partial charge in [0, 0.05) is 0 Å². The van der Waals surface area contributed by atoms with Crippen molar-refractivity contribution in [2.75, 3.05) is 13.2 Å². The van der Waals surface area contributed by atoms with Gasteiger partial charge in [0.15, 0.2) is 0 Å². The lowest BCUT2D eigenvalue weighted by molar-refractivity contribution is -0.139. The molecule has 6 heteroatoms. The van der Waals surface area contributed by atoms with Gasteiger partial charge in [0.1, 0.15) is 23.2 Å². The summed E-state index contributed by atoms with van der Waals surface area (Å²) in [5, 5.41) is 9.60. The average Bonchev–Trinajstić information content (AvgIpc) is 2.70. The molecule has 0 saturated carbocycles. The number of benzene rings is 1. The maximum Gasteiger partial charge on any atom is 0.338 e. The Morgan fingerprint density at radius 1 is 1.17 bits per heavy atom. The summed E-state index contributed by atoms with van der Waals surface area (Å²) in [5.74, 6) is -0.0310. The first-order valence-electron chi connectivity index (χ1n) is 10.2. The Bertz CT molecular complexity index is 803. The molecule has 2 N–H and O–H groups in total. The molecule has 0 amide bonds. The second kappa shape index (κ2) is 11.2. The summed E-state index contributed by atoms with van der Waals surface area (Å²) in [5.41, 5.74) is 7.16. The molecule has 1 aliphatic rings. The smallest absolute Gasteiger partial charge is 0.338 e. The Balaban J connectivity index is 2.17. The van der Waals surface area contributed by atoms with Gasteiger partial charge in [-0.2, -0.15) is 5.26 Å². The van der Waals surface area contributed by atoms with Crippen LogP contribution in [-0.2, 0) is 14.3 Å². The predicted molar refractivity (Wildman–Crippen MR) is 111 cm³/mol. The van der Waals surface area contributed by atoms with Crippen molar-refractivity contribution in [1.82, 2.24) is 0 Å². The summed E-state index contributed by atoms with van der Waals surface area (Å²) < 4.78 is 16.4. The first-order valence-corrected chi connectivity index (χ1v) is 10.2. The van der Waals surface area contributed by atoms with E-state index in [2.05, 4.69) is 13.0 Å². The molecule has 1 heterocycles. The highest BCUT2D eigenvalue weighted by molar-refractivity contribution is 5.92. The van der Waals surface area contributed by atoms with Gasteiger partial charge < -0.3 is 19.9 Å². The molecular weight excluding hydrogens is 368 g/mol.